The van der Waals surface area contributed by atoms with Gasteiger partial charge in [0.1, 0.15) is 0 Å². The number of hydrogen-bond acceptors (Lipinski definition) is 1. The van der Waals surface area contributed by atoms with Gasteiger partial charge in [0.05, 0.1) is 6.04 Å². The summed E-state index contributed by atoms with van der Waals surface area (Å²) in [6.45, 7) is 10.9. The minimum atomic E-state index is -0.0323. The van der Waals surface area contributed by atoms with Crippen LogP contribution < -0.4 is 11.1 Å². The molecule has 0 amide bonds. The van der Waals surface area contributed by atoms with Crippen LogP contribution in [-0.4, -0.2) is 17.5 Å². The Bertz CT molecular complexity index is 231. The molecule has 3 N–H and O–H groups in total. The SMILES string of the molecule is CC(C)(C)C(C)(C)NC(N)=NC1CC1. The molecule has 0 aliphatic heterocycles. The second-order valence-corrected chi connectivity index (χ2v) is 5.75. The van der Waals surface area contributed by atoms with Crippen LogP contribution in [0.15, 0.2) is 4.99 Å². The number of nitrogens with one attached hydrogen (secondary N) is 1. The van der Waals surface area contributed by atoms with E-state index in [4.69, 9.17) is 5.73 Å². The summed E-state index contributed by atoms with van der Waals surface area (Å²) < 4.78 is 0. The lowest BCUT2D eigenvalue weighted by Crippen LogP contribution is -2.54. The summed E-state index contributed by atoms with van der Waals surface area (Å²) in [5, 5.41) is 3.30. The maximum Gasteiger partial charge on any atom is 0.189 e. The Labute approximate surface area is 87.2 Å². The lowest BCUT2D eigenvalue weighted by atomic mass is 9.76. The van der Waals surface area contributed by atoms with Gasteiger partial charge in [-0.2, -0.15) is 0 Å². The molecule has 3 heteroatoms. The zero-order valence-electron chi connectivity index (χ0n) is 10.0. The predicted octanol–water partition coefficient (Wildman–Crippen LogP) is 1.88. The molecule has 0 unspecified atom stereocenters. The van der Waals surface area contributed by atoms with Gasteiger partial charge in [-0.15, -0.1) is 0 Å². The number of hydrogen-bond donors (Lipinski definition) is 2. The van der Waals surface area contributed by atoms with Crippen molar-refractivity contribution in [2.24, 2.45) is 16.1 Å². The van der Waals surface area contributed by atoms with Crippen LogP contribution in [0.25, 0.3) is 0 Å². The molecule has 0 spiro atoms. The summed E-state index contributed by atoms with van der Waals surface area (Å²) >= 11 is 0. The van der Waals surface area contributed by atoms with Crippen molar-refractivity contribution >= 4 is 5.96 Å². The van der Waals surface area contributed by atoms with E-state index in [0.29, 0.717) is 12.0 Å². The van der Waals surface area contributed by atoms with E-state index in [9.17, 15) is 0 Å². The van der Waals surface area contributed by atoms with Crippen molar-refractivity contribution in [1.82, 2.24) is 5.32 Å². The van der Waals surface area contributed by atoms with E-state index in [1.54, 1.807) is 0 Å². The van der Waals surface area contributed by atoms with Gasteiger partial charge in [-0.1, -0.05) is 20.8 Å². The standard InChI is InChI=1S/C11H23N3/c1-10(2,3)11(4,5)14-9(12)13-8-6-7-8/h8H,6-7H2,1-5H3,(H3,12,13,14). The van der Waals surface area contributed by atoms with Crippen LogP contribution >= 0.6 is 0 Å². The van der Waals surface area contributed by atoms with Gasteiger partial charge in [0.15, 0.2) is 5.96 Å². The Balaban J connectivity index is 2.57. The van der Waals surface area contributed by atoms with Crippen molar-refractivity contribution < 1.29 is 0 Å². The van der Waals surface area contributed by atoms with Gasteiger partial charge < -0.3 is 11.1 Å². The molecule has 0 heterocycles. The largest absolute Gasteiger partial charge is 0.370 e. The molecule has 0 aromatic carbocycles. The molecular weight excluding hydrogens is 174 g/mol. The third-order valence-electron chi connectivity index (χ3n) is 3.18. The minimum absolute atomic E-state index is 0.0323. The number of guanidine groups is 1. The number of aliphatic imine (C=N–C) groups is 1. The molecule has 0 radical (unpaired) electrons. The minimum Gasteiger partial charge on any atom is -0.370 e. The molecule has 3 nitrogen and oxygen atoms in total. The van der Waals surface area contributed by atoms with Gasteiger partial charge in [-0.3, -0.25) is 4.99 Å². The molecule has 1 aliphatic rings. The van der Waals surface area contributed by atoms with Crippen molar-refractivity contribution in [3.8, 4) is 0 Å². The number of nitrogens with two attached hydrogens (primary N) is 1. The Morgan fingerprint density at radius 1 is 1.21 bits per heavy atom. The van der Waals surface area contributed by atoms with E-state index < -0.39 is 0 Å². The molecular formula is C11H23N3. The molecule has 0 aromatic heterocycles. The van der Waals surface area contributed by atoms with Gasteiger partial charge in [0, 0.05) is 5.54 Å². The van der Waals surface area contributed by atoms with E-state index in [0.717, 1.165) is 0 Å². The number of nitrogens with zero attached hydrogens (tertiary/aromatic N) is 1. The first-order valence-corrected chi connectivity index (χ1v) is 5.34. The Morgan fingerprint density at radius 2 is 1.71 bits per heavy atom. The summed E-state index contributed by atoms with van der Waals surface area (Å²) in [7, 11) is 0. The Hall–Kier alpha value is -0.730. The van der Waals surface area contributed by atoms with Crippen molar-refractivity contribution in [3.63, 3.8) is 0 Å². The highest BCUT2D eigenvalue weighted by atomic mass is 15.2. The molecule has 0 atom stereocenters. The third kappa shape index (κ3) is 2.89. The van der Waals surface area contributed by atoms with Crippen molar-refractivity contribution in [3.05, 3.63) is 0 Å². The molecule has 1 aliphatic carbocycles. The van der Waals surface area contributed by atoms with Gasteiger partial charge in [-0.25, -0.2) is 0 Å². The van der Waals surface area contributed by atoms with E-state index in [2.05, 4.69) is 44.9 Å². The van der Waals surface area contributed by atoms with Crippen molar-refractivity contribution in [2.75, 3.05) is 0 Å². The molecule has 0 aromatic rings. The first kappa shape index (κ1) is 11.3. The van der Waals surface area contributed by atoms with Crippen LogP contribution in [0.5, 0.6) is 0 Å². The predicted molar refractivity (Wildman–Crippen MR) is 61.3 cm³/mol. The van der Waals surface area contributed by atoms with Crippen molar-refractivity contribution in [2.45, 2.75) is 59.0 Å². The van der Waals surface area contributed by atoms with Crippen LogP contribution in [0, 0.1) is 5.41 Å². The molecule has 0 saturated heterocycles. The summed E-state index contributed by atoms with van der Waals surface area (Å²) in [4.78, 5) is 4.37. The van der Waals surface area contributed by atoms with Crippen molar-refractivity contribution in [1.29, 1.82) is 0 Å². The smallest absolute Gasteiger partial charge is 0.189 e. The second-order valence-electron chi connectivity index (χ2n) is 5.75. The maximum absolute atomic E-state index is 5.84. The average Bonchev–Trinajstić information content (AvgIpc) is 2.66. The fourth-order valence-corrected chi connectivity index (χ4v) is 0.940. The van der Waals surface area contributed by atoms with Crippen LogP contribution in [0.1, 0.15) is 47.5 Å². The first-order valence-electron chi connectivity index (χ1n) is 5.34. The van der Waals surface area contributed by atoms with E-state index in [-0.39, 0.29) is 11.0 Å². The highest BCUT2D eigenvalue weighted by Gasteiger charge is 2.33. The summed E-state index contributed by atoms with van der Waals surface area (Å²) in [5.74, 6) is 0.590. The normalized spacial score (nSPS) is 19.6. The van der Waals surface area contributed by atoms with Crippen LogP contribution in [-0.2, 0) is 0 Å². The maximum atomic E-state index is 5.84. The van der Waals surface area contributed by atoms with Gasteiger partial charge in [0.2, 0.25) is 0 Å². The highest BCUT2D eigenvalue weighted by molar-refractivity contribution is 5.79. The molecule has 1 rings (SSSR count). The summed E-state index contributed by atoms with van der Waals surface area (Å²) in [6, 6.07) is 0.485. The lowest BCUT2D eigenvalue weighted by Gasteiger charge is -2.39. The number of rotatable bonds is 2. The van der Waals surface area contributed by atoms with Crippen LogP contribution in [0.2, 0.25) is 0 Å². The van der Waals surface area contributed by atoms with E-state index in [1.807, 2.05) is 0 Å². The van der Waals surface area contributed by atoms with E-state index in [1.165, 1.54) is 12.8 Å². The Kier molecular flexibility index (Phi) is 2.79. The molecule has 14 heavy (non-hydrogen) atoms. The lowest BCUT2D eigenvalue weighted by molar-refractivity contribution is 0.204. The quantitative estimate of drug-likeness (QED) is 0.524. The highest BCUT2D eigenvalue weighted by Crippen LogP contribution is 2.29. The fraction of sp³-hybridized carbons (Fsp3) is 0.909. The van der Waals surface area contributed by atoms with Gasteiger partial charge >= 0.3 is 0 Å². The molecule has 0 bridgehead atoms. The first-order chi connectivity index (χ1) is 6.22. The van der Waals surface area contributed by atoms with Crippen LogP contribution in [0.4, 0.5) is 0 Å². The Morgan fingerprint density at radius 3 is 2.07 bits per heavy atom. The summed E-state index contributed by atoms with van der Waals surface area (Å²) in [5.41, 5.74) is 5.97. The topological polar surface area (TPSA) is 50.4 Å². The molecule has 1 fully saturated rings. The zero-order chi connectivity index (χ0) is 11.0. The van der Waals surface area contributed by atoms with E-state index >= 15 is 0 Å². The second kappa shape index (κ2) is 3.44. The van der Waals surface area contributed by atoms with Crippen LogP contribution in [0.3, 0.4) is 0 Å². The zero-order valence-corrected chi connectivity index (χ0v) is 10.0. The fourth-order valence-electron chi connectivity index (χ4n) is 0.940. The summed E-state index contributed by atoms with van der Waals surface area (Å²) in [6.07, 6.45) is 2.39. The molecule has 1 saturated carbocycles. The monoisotopic (exact) mass is 197 g/mol. The average molecular weight is 197 g/mol. The van der Waals surface area contributed by atoms with Gasteiger partial charge in [-0.05, 0) is 32.1 Å². The third-order valence-corrected chi connectivity index (χ3v) is 3.18. The van der Waals surface area contributed by atoms with Gasteiger partial charge in [0.25, 0.3) is 0 Å². The molecule has 82 valence electrons.